The van der Waals surface area contributed by atoms with E-state index in [1.165, 1.54) is 0 Å². The maximum absolute atomic E-state index is 13.6. The van der Waals surface area contributed by atoms with Gasteiger partial charge in [-0.1, -0.05) is 42.0 Å². The van der Waals surface area contributed by atoms with E-state index in [1.54, 1.807) is 12.0 Å². The third-order valence-corrected chi connectivity index (χ3v) is 6.51. The van der Waals surface area contributed by atoms with Crippen LogP contribution in [0.3, 0.4) is 0 Å². The van der Waals surface area contributed by atoms with Crippen molar-refractivity contribution < 1.29 is 14.3 Å². The number of pyridine rings is 1. The van der Waals surface area contributed by atoms with Crippen LogP contribution >= 0.6 is 0 Å². The SMILES string of the molecule is COc1ccccc1C1C(C(=O)NCc2nnc3ccccn23)CCC(=O)N1c1ccc(C)cc1. The van der Waals surface area contributed by atoms with E-state index in [1.807, 2.05) is 84.3 Å². The van der Waals surface area contributed by atoms with Gasteiger partial charge >= 0.3 is 0 Å². The molecule has 1 N–H and O–H groups in total. The molecule has 1 aliphatic rings. The standard InChI is InChI=1S/C27H27N5O3/c1-18-10-12-19(13-11-18)32-25(33)15-14-21(26(32)20-7-3-4-8-22(20)35-2)27(34)28-17-24-30-29-23-9-5-6-16-31(23)24/h3-13,16,21,26H,14-15,17H2,1-2H3,(H,28,34). The molecular weight excluding hydrogens is 442 g/mol. The van der Waals surface area contributed by atoms with Crippen LogP contribution in [0.1, 0.15) is 35.8 Å². The van der Waals surface area contributed by atoms with Gasteiger partial charge in [0.1, 0.15) is 5.75 Å². The Kier molecular flexibility index (Phi) is 6.18. The highest BCUT2D eigenvalue weighted by Gasteiger charge is 2.42. The van der Waals surface area contributed by atoms with Crippen molar-refractivity contribution in [1.29, 1.82) is 0 Å². The molecule has 2 amide bonds. The molecule has 35 heavy (non-hydrogen) atoms. The molecule has 8 heteroatoms. The summed E-state index contributed by atoms with van der Waals surface area (Å²) in [5, 5.41) is 11.4. The zero-order valence-corrected chi connectivity index (χ0v) is 19.7. The van der Waals surface area contributed by atoms with Crippen LogP contribution in [0.4, 0.5) is 5.69 Å². The van der Waals surface area contributed by atoms with Gasteiger partial charge in [-0.25, -0.2) is 0 Å². The first-order valence-corrected chi connectivity index (χ1v) is 11.6. The first kappa shape index (κ1) is 22.6. The van der Waals surface area contributed by atoms with Crippen LogP contribution in [-0.2, 0) is 16.1 Å². The Bertz CT molecular complexity index is 1360. The van der Waals surface area contributed by atoms with Crippen LogP contribution in [0.15, 0.2) is 72.9 Å². The molecule has 2 unspecified atom stereocenters. The first-order chi connectivity index (χ1) is 17.1. The Balaban J connectivity index is 1.49. The van der Waals surface area contributed by atoms with Gasteiger partial charge < -0.3 is 15.0 Å². The number of rotatable bonds is 6. The predicted molar refractivity (Wildman–Crippen MR) is 132 cm³/mol. The second-order valence-electron chi connectivity index (χ2n) is 8.69. The van der Waals surface area contributed by atoms with Gasteiger partial charge in [0.05, 0.1) is 25.6 Å². The molecule has 2 atom stereocenters. The summed E-state index contributed by atoms with van der Waals surface area (Å²) in [5.41, 5.74) is 3.38. The Morgan fingerprint density at radius 1 is 1.06 bits per heavy atom. The number of aromatic nitrogens is 3. The van der Waals surface area contributed by atoms with E-state index in [0.717, 1.165) is 22.5 Å². The normalized spacial score (nSPS) is 18.0. The van der Waals surface area contributed by atoms with Crippen LogP contribution in [0.25, 0.3) is 5.65 Å². The monoisotopic (exact) mass is 469 g/mol. The van der Waals surface area contributed by atoms with Crippen molar-refractivity contribution in [1.82, 2.24) is 19.9 Å². The van der Waals surface area contributed by atoms with Crippen LogP contribution < -0.4 is 15.0 Å². The zero-order chi connectivity index (χ0) is 24.4. The highest BCUT2D eigenvalue weighted by Crippen LogP contribution is 2.43. The fourth-order valence-electron chi connectivity index (χ4n) is 4.75. The van der Waals surface area contributed by atoms with Gasteiger partial charge in [0.2, 0.25) is 11.8 Å². The number of carbonyl (C=O) groups excluding carboxylic acids is 2. The van der Waals surface area contributed by atoms with Crippen molar-refractivity contribution in [3.05, 3.63) is 89.9 Å². The van der Waals surface area contributed by atoms with E-state index >= 15 is 0 Å². The number of aryl methyl sites for hydroxylation is 1. The van der Waals surface area contributed by atoms with Crippen molar-refractivity contribution >= 4 is 23.1 Å². The van der Waals surface area contributed by atoms with Crippen molar-refractivity contribution in [3.63, 3.8) is 0 Å². The van der Waals surface area contributed by atoms with Crippen LogP contribution in [-0.4, -0.2) is 33.5 Å². The average Bonchev–Trinajstić information content (AvgIpc) is 3.31. The lowest BCUT2D eigenvalue weighted by atomic mass is 9.82. The number of nitrogens with one attached hydrogen (secondary N) is 1. The molecule has 0 bridgehead atoms. The number of benzene rings is 2. The summed E-state index contributed by atoms with van der Waals surface area (Å²) in [6, 6.07) is 20.5. The second kappa shape index (κ2) is 9.58. The maximum Gasteiger partial charge on any atom is 0.227 e. The summed E-state index contributed by atoms with van der Waals surface area (Å²) >= 11 is 0. The number of anilines is 1. The Morgan fingerprint density at radius 2 is 1.83 bits per heavy atom. The smallest absolute Gasteiger partial charge is 0.227 e. The summed E-state index contributed by atoms with van der Waals surface area (Å²) in [7, 11) is 1.60. The molecule has 0 radical (unpaired) electrons. The quantitative estimate of drug-likeness (QED) is 0.463. The third-order valence-electron chi connectivity index (χ3n) is 6.51. The van der Waals surface area contributed by atoms with E-state index < -0.39 is 12.0 Å². The van der Waals surface area contributed by atoms with Gasteiger partial charge in [-0.2, -0.15) is 0 Å². The minimum absolute atomic E-state index is 0.0164. The maximum atomic E-state index is 13.6. The minimum atomic E-state index is -0.509. The summed E-state index contributed by atoms with van der Waals surface area (Å²) in [6.45, 7) is 2.24. The summed E-state index contributed by atoms with van der Waals surface area (Å²) < 4.78 is 7.49. The number of ether oxygens (including phenoxy) is 1. The van der Waals surface area contributed by atoms with Crippen molar-refractivity contribution in [2.75, 3.05) is 12.0 Å². The molecule has 1 saturated heterocycles. The van der Waals surface area contributed by atoms with Crippen LogP contribution in [0, 0.1) is 12.8 Å². The summed E-state index contributed by atoms with van der Waals surface area (Å²) in [6.07, 6.45) is 2.59. The van der Waals surface area contributed by atoms with Gasteiger partial charge in [-0.3, -0.25) is 14.0 Å². The molecule has 2 aromatic carbocycles. The largest absolute Gasteiger partial charge is 0.496 e. The lowest BCUT2D eigenvalue weighted by molar-refractivity contribution is -0.129. The van der Waals surface area contributed by atoms with E-state index in [2.05, 4.69) is 15.5 Å². The molecule has 1 aliphatic heterocycles. The number of methoxy groups -OCH3 is 1. The van der Waals surface area contributed by atoms with Gasteiger partial charge in [0.15, 0.2) is 11.5 Å². The lowest BCUT2D eigenvalue weighted by Crippen LogP contribution is -2.48. The second-order valence-corrected chi connectivity index (χ2v) is 8.69. The zero-order valence-electron chi connectivity index (χ0n) is 19.7. The number of amides is 2. The highest BCUT2D eigenvalue weighted by atomic mass is 16.5. The molecular formula is C27H27N5O3. The van der Waals surface area contributed by atoms with Crippen LogP contribution in [0.2, 0.25) is 0 Å². The molecule has 1 fully saturated rings. The minimum Gasteiger partial charge on any atom is -0.496 e. The molecule has 4 aromatic rings. The van der Waals surface area contributed by atoms with Gasteiger partial charge in [-0.05, 0) is 43.7 Å². The van der Waals surface area contributed by atoms with E-state index in [-0.39, 0.29) is 24.8 Å². The third kappa shape index (κ3) is 4.35. The number of fused-ring (bicyclic) bond motifs is 1. The molecule has 3 heterocycles. The van der Waals surface area contributed by atoms with Crippen molar-refractivity contribution in [3.8, 4) is 5.75 Å². The number of hydrogen-bond acceptors (Lipinski definition) is 5. The fraction of sp³-hybridized carbons (Fsp3) is 0.259. The van der Waals surface area contributed by atoms with Crippen LogP contribution in [0.5, 0.6) is 5.75 Å². The summed E-state index contributed by atoms with van der Waals surface area (Å²) in [4.78, 5) is 28.6. The number of carbonyl (C=O) groups is 2. The molecule has 0 saturated carbocycles. The van der Waals surface area contributed by atoms with Crippen molar-refractivity contribution in [2.45, 2.75) is 32.4 Å². The number of para-hydroxylation sites is 1. The number of nitrogens with zero attached hydrogens (tertiary/aromatic N) is 4. The molecule has 2 aromatic heterocycles. The number of hydrogen-bond donors (Lipinski definition) is 1. The van der Waals surface area contributed by atoms with Gasteiger partial charge in [-0.15, -0.1) is 10.2 Å². The molecule has 0 spiro atoms. The Labute approximate surface area is 203 Å². The molecule has 0 aliphatic carbocycles. The molecule has 178 valence electrons. The number of piperidine rings is 1. The first-order valence-electron chi connectivity index (χ1n) is 11.6. The van der Waals surface area contributed by atoms with E-state index in [9.17, 15) is 9.59 Å². The van der Waals surface area contributed by atoms with Crippen molar-refractivity contribution in [2.24, 2.45) is 5.92 Å². The Morgan fingerprint density at radius 3 is 2.63 bits per heavy atom. The van der Waals surface area contributed by atoms with E-state index in [0.29, 0.717) is 18.0 Å². The highest BCUT2D eigenvalue weighted by molar-refractivity contribution is 5.97. The Hall–Kier alpha value is -4.20. The van der Waals surface area contributed by atoms with Gasteiger partial charge in [0.25, 0.3) is 0 Å². The summed E-state index contributed by atoms with van der Waals surface area (Å²) in [5.74, 6) is 0.663. The molecule has 5 rings (SSSR count). The van der Waals surface area contributed by atoms with Gasteiger partial charge in [0, 0.05) is 23.9 Å². The lowest BCUT2D eigenvalue weighted by Gasteiger charge is -2.41. The fourth-order valence-corrected chi connectivity index (χ4v) is 4.75. The average molecular weight is 470 g/mol. The van der Waals surface area contributed by atoms with E-state index in [4.69, 9.17) is 4.74 Å². The predicted octanol–water partition coefficient (Wildman–Crippen LogP) is 3.85. The topological polar surface area (TPSA) is 88.8 Å². The molecule has 8 nitrogen and oxygen atoms in total.